The predicted octanol–water partition coefficient (Wildman–Crippen LogP) is 1.06. The molecule has 1 aromatic rings. The average molecular weight is 277 g/mol. The maximum atomic E-state index is 12.6. The fraction of sp³-hybridized carbons (Fsp3) is 0.600. The van der Waals surface area contributed by atoms with E-state index < -0.39 is 0 Å². The number of hydrogen-bond donors (Lipinski definition) is 1. The first-order valence-corrected chi connectivity index (χ1v) is 7.19. The normalized spacial score (nSPS) is 16.1. The first-order valence-electron chi connectivity index (χ1n) is 7.19. The third-order valence-electron chi connectivity index (χ3n) is 3.64. The topological polar surface area (TPSA) is 54.5 Å². The van der Waals surface area contributed by atoms with E-state index in [2.05, 4.69) is 10.3 Å². The molecule has 5 heteroatoms. The van der Waals surface area contributed by atoms with Crippen molar-refractivity contribution >= 4 is 5.91 Å². The van der Waals surface area contributed by atoms with E-state index in [4.69, 9.17) is 4.74 Å². The molecule has 0 atom stereocenters. The highest BCUT2D eigenvalue weighted by molar-refractivity contribution is 5.79. The van der Waals surface area contributed by atoms with Crippen molar-refractivity contribution in [2.45, 2.75) is 19.4 Å². The van der Waals surface area contributed by atoms with Crippen molar-refractivity contribution in [1.82, 2.24) is 15.2 Å². The Kier molecular flexibility index (Phi) is 5.95. The number of amides is 1. The summed E-state index contributed by atoms with van der Waals surface area (Å²) in [5.74, 6) is 0.367. The van der Waals surface area contributed by atoms with E-state index in [1.54, 1.807) is 13.3 Å². The smallest absolute Gasteiger partial charge is 0.226 e. The van der Waals surface area contributed by atoms with Gasteiger partial charge in [0.25, 0.3) is 0 Å². The van der Waals surface area contributed by atoms with E-state index >= 15 is 0 Å². The van der Waals surface area contributed by atoms with Gasteiger partial charge < -0.3 is 15.0 Å². The van der Waals surface area contributed by atoms with Crippen molar-refractivity contribution in [1.29, 1.82) is 0 Å². The van der Waals surface area contributed by atoms with Crippen LogP contribution >= 0.6 is 0 Å². The Labute approximate surface area is 120 Å². The molecule has 0 radical (unpaired) electrons. The molecule has 0 aromatic carbocycles. The molecule has 20 heavy (non-hydrogen) atoms. The third kappa shape index (κ3) is 4.28. The third-order valence-corrected chi connectivity index (χ3v) is 3.64. The molecule has 0 bridgehead atoms. The summed E-state index contributed by atoms with van der Waals surface area (Å²) < 4.78 is 5.12. The molecular formula is C15H23N3O2. The quantitative estimate of drug-likeness (QED) is 0.844. The maximum Gasteiger partial charge on any atom is 0.226 e. The number of aromatic nitrogens is 1. The van der Waals surface area contributed by atoms with Crippen molar-refractivity contribution in [3.63, 3.8) is 0 Å². The van der Waals surface area contributed by atoms with Crippen LogP contribution in [0.25, 0.3) is 0 Å². The lowest BCUT2D eigenvalue weighted by molar-refractivity contribution is -0.137. The van der Waals surface area contributed by atoms with Gasteiger partial charge in [-0.15, -0.1) is 0 Å². The van der Waals surface area contributed by atoms with Crippen molar-refractivity contribution in [2.24, 2.45) is 5.92 Å². The van der Waals surface area contributed by atoms with E-state index in [0.29, 0.717) is 19.7 Å². The van der Waals surface area contributed by atoms with Crippen molar-refractivity contribution < 1.29 is 9.53 Å². The number of methoxy groups -OCH3 is 1. The fourth-order valence-corrected chi connectivity index (χ4v) is 2.48. The molecule has 1 fully saturated rings. The molecule has 1 aromatic heterocycles. The van der Waals surface area contributed by atoms with E-state index in [0.717, 1.165) is 31.6 Å². The van der Waals surface area contributed by atoms with Gasteiger partial charge in [-0.05, 0) is 38.1 Å². The van der Waals surface area contributed by atoms with Crippen LogP contribution < -0.4 is 5.32 Å². The Morgan fingerprint density at radius 3 is 2.90 bits per heavy atom. The number of carbonyl (C=O) groups excluding carboxylic acids is 1. The molecule has 2 heterocycles. The molecule has 1 saturated heterocycles. The number of nitrogens with zero attached hydrogens (tertiary/aromatic N) is 2. The minimum Gasteiger partial charge on any atom is -0.383 e. The molecule has 110 valence electrons. The summed E-state index contributed by atoms with van der Waals surface area (Å²) in [5.41, 5.74) is 0.922. The van der Waals surface area contributed by atoms with Crippen LogP contribution in [0.5, 0.6) is 0 Å². The zero-order valence-electron chi connectivity index (χ0n) is 12.0. The van der Waals surface area contributed by atoms with Gasteiger partial charge in [0.2, 0.25) is 5.91 Å². The SMILES string of the molecule is COCCN(Cc1ccccn1)C(=O)C1CCNCC1. The van der Waals surface area contributed by atoms with Gasteiger partial charge in [-0.2, -0.15) is 0 Å². The molecule has 1 N–H and O–H groups in total. The minimum absolute atomic E-state index is 0.136. The van der Waals surface area contributed by atoms with Gasteiger partial charge in [0.1, 0.15) is 0 Å². The standard InChI is InChI=1S/C15H23N3O2/c1-20-11-10-18(12-14-4-2-3-7-17-14)15(19)13-5-8-16-9-6-13/h2-4,7,13,16H,5-6,8-12H2,1H3. The lowest BCUT2D eigenvalue weighted by Gasteiger charge is -2.29. The average Bonchev–Trinajstić information content (AvgIpc) is 2.52. The number of pyridine rings is 1. The van der Waals surface area contributed by atoms with Crippen LogP contribution in [0.1, 0.15) is 18.5 Å². The first kappa shape index (κ1) is 14.9. The van der Waals surface area contributed by atoms with E-state index in [1.165, 1.54) is 0 Å². The molecule has 0 aliphatic carbocycles. The molecule has 0 unspecified atom stereocenters. The Bertz CT molecular complexity index is 405. The summed E-state index contributed by atoms with van der Waals surface area (Å²) in [4.78, 5) is 18.8. The van der Waals surface area contributed by atoms with Crippen LogP contribution in [0.4, 0.5) is 0 Å². The summed E-state index contributed by atoms with van der Waals surface area (Å²) in [5, 5.41) is 3.29. The Morgan fingerprint density at radius 2 is 2.25 bits per heavy atom. The molecule has 0 saturated carbocycles. The van der Waals surface area contributed by atoms with Gasteiger partial charge in [-0.25, -0.2) is 0 Å². The highest BCUT2D eigenvalue weighted by Gasteiger charge is 2.25. The lowest BCUT2D eigenvalue weighted by Crippen LogP contribution is -2.42. The number of hydrogen-bond acceptors (Lipinski definition) is 4. The maximum absolute atomic E-state index is 12.6. The highest BCUT2D eigenvalue weighted by atomic mass is 16.5. The number of rotatable bonds is 6. The first-order chi connectivity index (χ1) is 9.81. The molecular weight excluding hydrogens is 254 g/mol. The van der Waals surface area contributed by atoms with Gasteiger partial charge in [-0.1, -0.05) is 6.07 Å². The summed E-state index contributed by atoms with van der Waals surface area (Å²) in [6, 6.07) is 5.79. The van der Waals surface area contributed by atoms with Gasteiger partial charge >= 0.3 is 0 Å². The Morgan fingerprint density at radius 1 is 1.45 bits per heavy atom. The van der Waals surface area contributed by atoms with Crippen LogP contribution in [0.3, 0.4) is 0 Å². The summed E-state index contributed by atoms with van der Waals surface area (Å²) in [7, 11) is 1.66. The second-order valence-electron chi connectivity index (χ2n) is 5.10. The second kappa shape index (κ2) is 7.97. The predicted molar refractivity (Wildman–Crippen MR) is 77.1 cm³/mol. The van der Waals surface area contributed by atoms with Crippen LogP contribution in [0.2, 0.25) is 0 Å². The highest BCUT2D eigenvalue weighted by Crippen LogP contribution is 2.16. The van der Waals surface area contributed by atoms with Gasteiger partial charge in [0.15, 0.2) is 0 Å². The Hall–Kier alpha value is -1.46. The molecule has 1 aliphatic heterocycles. The summed E-state index contributed by atoms with van der Waals surface area (Å²) in [6.07, 6.45) is 3.61. The molecule has 2 rings (SSSR count). The van der Waals surface area contributed by atoms with Crippen molar-refractivity contribution in [3.05, 3.63) is 30.1 Å². The van der Waals surface area contributed by atoms with Crippen molar-refractivity contribution in [3.8, 4) is 0 Å². The summed E-state index contributed by atoms with van der Waals surface area (Å²) in [6.45, 7) is 3.60. The molecule has 0 spiro atoms. The summed E-state index contributed by atoms with van der Waals surface area (Å²) >= 11 is 0. The van der Waals surface area contributed by atoms with Crippen LogP contribution in [-0.2, 0) is 16.1 Å². The zero-order valence-corrected chi connectivity index (χ0v) is 12.0. The van der Waals surface area contributed by atoms with Crippen LogP contribution in [0.15, 0.2) is 24.4 Å². The largest absolute Gasteiger partial charge is 0.383 e. The van der Waals surface area contributed by atoms with Crippen LogP contribution in [0, 0.1) is 5.92 Å². The zero-order chi connectivity index (χ0) is 14.2. The lowest BCUT2D eigenvalue weighted by atomic mass is 9.96. The number of ether oxygens (including phenoxy) is 1. The number of piperidine rings is 1. The van der Waals surface area contributed by atoms with E-state index in [-0.39, 0.29) is 11.8 Å². The van der Waals surface area contributed by atoms with Gasteiger partial charge in [-0.3, -0.25) is 9.78 Å². The van der Waals surface area contributed by atoms with Crippen molar-refractivity contribution in [2.75, 3.05) is 33.4 Å². The van der Waals surface area contributed by atoms with Gasteiger partial charge in [0, 0.05) is 25.8 Å². The fourth-order valence-electron chi connectivity index (χ4n) is 2.48. The van der Waals surface area contributed by atoms with E-state index in [9.17, 15) is 4.79 Å². The van der Waals surface area contributed by atoms with E-state index in [1.807, 2.05) is 23.1 Å². The van der Waals surface area contributed by atoms with Crippen LogP contribution in [-0.4, -0.2) is 49.1 Å². The minimum atomic E-state index is 0.136. The molecule has 5 nitrogen and oxygen atoms in total. The van der Waals surface area contributed by atoms with Gasteiger partial charge in [0.05, 0.1) is 18.8 Å². The second-order valence-corrected chi connectivity index (χ2v) is 5.10. The number of carbonyl (C=O) groups is 1. The monoisotopic (exact) mass is 277 g/mol. The number of nitrogens with one attached hydrogen (secondary N) is 1. The molecule has 1 aliphatic rings. The molecule has 1 amide bonds. The Balaban J connectivity index is 2.00.